The van der Waals surface area contributed by atoms with Crippen LogP contribution in [0.5, 0.6) is 0 Å². The van der Waals surface area contributed by atoms with Gasteiger partial charge in [-0.05, 0) is 60.7 Å². The van der Waals surface area contributed by atoms with Crippen LogP contribution < -0.4 is 5.56 Å². The van der Waals surface area contributed by atoms with Crippen LogP contribution in [0.1, 0.15) is 53.9 Å². The molecule has 1 aliphatic carbocycles. The average Bonchev–Trinajstić information content (AvgIpc) is 3.30. The number of alkyl halides is 2. The molecule has 210 valence electrons. The lowest BCUT2D eigenvalue weighted by atomic mass is 9.97. The van der Waals surface area contributed by atoms with Gasteiger partial charge in [0, 0.05) is 57.1 Å². The monoisotopic (exact) mass is 587 g/mol. The summed E-state index contributed by atoms with van der Waals surface area (Å²) < 4.78 is 44.6. The topological polar surface area (TPSA) is 93.8 Å². The Morgan fingerprint density at radius 2 is 1.95 bits per heavy atom. The van der Waals surface area contributed by atoms with Gasteiger partial charge in [0.2, 0.25) is 5.95 Å². The lowest BCUT2D eigenvalue weighted by Crippen LogP contribution is -2.29. The van der Waals surface area contributed by atoms with E-state index in [1.54, 1.807) is 22.8 Å². The number of benzene rings is 2. The summed E-state index contributed by atoms with van der Waals surface area (Å²) in [7, 11) is 0. The number of aromatic nitrogens is 6. The molecule has 0 radical (unpaired) electrons. The molecule has 3 aromatic heterocycles. The number of hydrogen-bond acceptors (Lipinski definition) is 5. The number of pyridine rings is 1. The number of fused-ring (bicyclic) bond motifs is 4. The van der Waals surface area contributed by atoms with Crippen LogP contribution in [0.25, 0.3) is 33.3 Å². The Labute approximate surface area is 241 Å². The molecule has 1 N–H and O–H groups in total. The van der Waals surface area contributed by atoms with Gasteiger partial charge in [-0.25, -0.2) is 18.5 Å². The van der Waals surface area contributed by atoms with Gasteiger partial charge in [-0.1, -0.05) is 28.9 Å². The van der Waals surface area contributed by atoms with E-state index in [1.807, 2.05) is 31.2 Å². The number of nitrogens with zero attached hydrogens (tertiary/aromatic N) is 6. The molecule has 8 rings (SSSR count). The molecule has 8 nitrogen and oxygen atoms in total. The Balaban J connectivity index is 1.15. The highest BCUT2D eigenvalue weighted by molar-refractivity contribution is 6.31. The number of aromatic amines is 1. The Morgan fingerprint density at radius 1 is 1.10 bits per heavy atom. The molecule has 3 aliphatic rings. The van der Waals surface area contributed by atoms with E-state index in [-0.39, 0.29) is 23.4 Å². The maximum absolute atomic E-state index is 15.3. The summed E-state index contributed by atoms with van der Waals surface area (Å²) in [5.41, 5.74) is 5.29. The third-order valence-electron chi connectivity index (χ3n) is 8.54. The van der Waals surface area contributed by atoms with E-state index in [0.717, 1.165) is 40.5 Å². The maximum Gasteiger partial charge on any atom is 0.283 e. The normalized spacial score (nSPS) is 20.9. The van der Waals surface area contributed by atoms with Crippen LogP contribution in [-0.2, 0) is 0 Å². The van der Waals surface area contributed by atoms with Crippen LogP contribution in [0.2, 0.25) is 5.02 Å². The number of halogens is 4. The largest absolute Gasteiger partial charge is 0.303 e. The summed E-state index contributed by atoms with van der Waals surface area (Å²) in [6, 6.07) is 13.7. The van der Waals surface area contributed by atoms with Gasteiger partial charge in [-0.3, -0.25) is 9.89 Å². The van der Waals surface area contributed by atoms with Gasteiger partial charge in [-0.2, -0.15) is 9.49 Å². The van der Waals surface area contributed by atoms with Crippen LogP contribution in [0.15, 0.2) is 70.5 Å². The summed E-state index contributed by atoms with van der Waals surface area (Å²) >= 11 is 6.31. The molecule has 2 aromatic carbocycles. The highest BCUT2D eigenvalue weighted by atomic mass is 35.5. The van der Waals surface area contributed by atoms with Crippen LogP contribution in [0.3, 0.4) is 0 Å². The molecule has 5 aromatic rings. The van der Waals surface area contributed by atoms with Crippen molar-refractivity contribution in [3.8, 4) is 16.8 Å². The lowest BCUT2D eigenvalue weighted by Gasteiger charge is -2.20. The lowest BCUT2D eigenvalue weighted by molar-refractivity contribution is 0.146. The minimum absolute atomic E-state index is 0.139. The first kappa shape index (κ1) is 25.2. The fourth-order valence-corrected chi connectivity index (χ4v) is 6.65. The van der Waals surface area contributed by atoms with E-state index in [2.05, 4.69) is 25.5 Å². The van der Waals surface area contributed by atoms with E-state index in [4.69, 9.17) is 11.6 Å². The van der Waals surface area contributed by atoms with Crippen LogP contribution in [-0.4, -0.2) is 35.5 Å². The molecule has 2 aliphatic heterocycles. The summed E-state index contributed by atoms with van der Waals surface area (Å²) in [6.07, 6.45) is -0.434. The fraction of sp³-hybridized carbons (Fsp3) is 0.233. The SMILES string of the molecule is Cc1[nH]nc2cc(C3=C(F)N=C(C4C5CC5c5cc(-c6cc(Cl)ccc6-n6cc(C(F)F)nn6)cc(=O)n54)C3)ccc12. The van der Waals surface area contributed by atoms with Gasteiger partial charge in [0.1, 0.15) is 5.69 Å². The maximum atomic E-state index is 15.3. The molecule has 5 heterocycles. The summed E-state index contributed by atoms with van der Waals surface area (Å²) in [5.74, 6) is -0.246. The number of aryl methyl sites for hydroxylation is 1. The first-order valence-electron chi connectivity index (χ1n) is 13.4. The zero-order valence-corrected chi connectivity index (χ0v) is 22.8. The second kappa shape index (κ2) is 8.99. The zero-order chi connectivity index (χ0) is 28.9. The Morgan fingerprint density at radius 3 is 2.76 bits per heavy atom. The molecule has 42 heavy (non-hydrogen) atoms. The van der Waals surface area contributed by atoms with E-state index in [0.29, 0.717) is 39.5 Å². The van der Waals surface area contributed by atoms with Gasteiger partial charge < -0.3 is 4.57 Å². The second-order valence-electron chi connectivity index (χ2n) is 11.0. The van der Waals surface area contributed by atoms with Crippen molar-refractivity contribution in [2.45, 2.75) is 38.2 Å². The van der Waals surface area contributed by atoms with Gasteiger partial charge in [0.05, 0.1) is 23.4 Å². The number of nitrogens with one attached hydrogen (secondary N) is 1. The highest BCUT2D eigenvalue weighted by Crippen LogP contribution is 2.60. The van der Waals surface area contributed by atoms with Crippen molar-refractivity contribution in [3.63, 3.8) is 0 Å². The molecule has 3 atom stereocenters. The number of H-pyrrole nitrogens is 1. The number of allylic oxidation sites excluding steroid dienone is 1. The number of hydrogen-bond donors (Lipinski definition) is 1. The number of rotatable bonds is 5. The molecule has 0 saturated heterocycles. The summed E-state index contributed by atoms with van der Waals surface area (Å²) in [6.45, 7) is 1.93. The highest BCUT2D eigenvalue weighted by Gasteiger charge is 2.55. The van der Waals surface area contributed by atoms with Gasteiger partial charge in [-0.15, -0.1) is 5.10 Å². The van der Waals surface area contributed by atoms with Crippen molar-refractivity contribution < 1.29 is 13.2 Å². The van der Waals surface area contributed by atoms with Crippen molar-refractivity contribution in [2.24, 2.45) is 10.9 Å². The average molecular weight is 588 g/mol. The second-order valence-corrected chi connectivity index (χ2v) is 11.4. The molecule has 0 amide bonds. The molecule has 0 bridgehead atoms. The Bertz CT molecular complexity index is 2070. The number of aliphatic imine (C=N–C) groups is 1. The van der Waals surface area contributed by atoms with Crippen molar-refractivity contribution in [1.82, 2.24) is 29.8 Å². The van der Waals surface area contributed by atoms with E-state index in [9.17, 15) is 13.6 Å². The summed E-state index contributed by atoms with van der Waals surface area (Å²) in [5, 5.41) is 16.1. The van der Waals surface area contributed by atoms with Crippen LogP contribution >= 0.6 is 11.6 Å². The molecule has 1 fully saturated rings. The standard InChI is InChI=1S/C30H21ClF3N7O/c1-13-17-4-2-14(6-22(17)37-36-13)19-11-23(35-30(19)34)28-21-10-20(21)26-7-15(8-27(42)41(26)28)18-9-16(31)3-5-25(18)40-12-24(29(32)33)38-39-40/h2-9,12,20-21,28-29H,10-11H2,1H3,(H,36,37). The molecular weight excluding hydrogens is 567 g/mol. The fourth-order valence-electron chi connectivity index (χ4n) is 6.48. The van der Waals surface area contributed by atoms with Gasteiger partial charge in [0.25, 0.3) is 12.0 Å². The smallest absolute Gasteiger partial charge is 0.283 e. The van der Waals surface area contributed by atoms with Crippen molar-refractivity contribution >= 4 is 33.8 Å². The molecule has 12 heteroatoms. The molecule has 3 unspecified atom stereocenters. The predicted molar refractivity (Wildman–Crippen MR) is 152 cm³/mol. The van der Waals surface area contributed by atoms with Crippen LogP contribution in [0.4, 0.5) is 13.2 Å². The minimum Gasteiger partial charge on any atom is -0.303 e. The van der Waals surface area contributed by atoms with Crippen molar-refractivity contribution in [3.05, 3.63) is 98.7 Å². The molecular formula is C30H21ClF3N7O. The van der Waals surface area contributed by atoms with Gasteiger partial charge in [0.15, 0.2) is 0 Å². The first-order valence-corrected chi connectivity index (χ1v) is 13.8. The molecule has 0 spiro atoms. The van der Waals surface area contributed by atoms with Crippen LogP contribution in [0, 0.1) is 12.8 Å². The van der Waals surface area contributed by atoms with Crippen molar-refractivity contribution in [1.29, 1.82) is 0 Å². The predicted octanol–water partition coefficient (Wildman–Crippen LogP) is 6.71. The first-order chi connectivity index (χ1) is 20.3. The quantitative estimate of drug-likeness (QED) is 0.231. The van der Waals surface area contributed by atoms with E-state index < -0.39 is 18.1 Å². The summed E-state index contributed by atoms with van der Waals surface area (Å²) in [4.78, 5) is 18.0. The van der Waals surface area contributed by atoms with Gasteiger partial charge >= 0.3 is 0 Å². The van der Waals surface area contributed by atoms with Crippen molar-refractivity contribution in [2.75, 3.05) is 0 Å². The minimum atomic E-state index is -2.77. The zero-order valence-electron chi connectivity index (χ0n) is 22.0. The third kappa shape index (κ3) is 3.79. The van der Waals surface area contributed by atoms with E-state index >= 15 is 4.39 Å². The Hall–Kier alpha value is -4.51. The molecule has 1 saturated carbocycles. The Kier molecular flexibility index (Phi) is 5.40. The van der Waals surface area contributed by atoms with E-state index in [1.165, 1.54) is 10.7 Å². The third-order valence-corrected chi connectivity index (χ3v) is 8.77.